The third-order valence-corrected chi connectivity index (χ3v) is 4.66. The molecule has 2 aromatic carbocycles. The Hall–Kier alpha value is -1.05. The SMILES string of the molecule is N[C@H](c1ccc(OC(F)(F)F)cc1)c1ccc(Br)c(Br)c1. The van der Waals surface area contributed by atoms with Crippen molar-refractivity contribution in [3.8, 4) is 5.75 Å². The summed E-state index contributed by atoms with van der Waals surface area (Å²) in [6, 6.07) is 10.6. The second-order valence-corrected chi connectivity index (χ2v) is 5.98. The van der Waals surface area contributed by atoms with Gasteiger partial charge in [-0.25, -0.2) is 0 Å². The fourth-order valence-electron chi connectivity index (χ4n) is 1.78. The maximum atomic E-state index is 12.1. The number of alkyl halides is 3. The summed E-state index contributed by atoms with van der Waals surface area (Å²) < 4.78 is 41.8. The van der Waals surface area contributed by atoms with Crippen LogP contribution in [0, 0.1) is 0 Å². The van der Waals surface area contributed by atoms with Crippen molar-refractivity contribution >= 4 is 31.9 Å². The van der Waals surface area contributed by atoms with Crippen molar-refractivity contribution in [1.82, 2.24) is 0 Å². The topological polar surface area (TPSA) is 35.2 Å². The van der Waals surface area contributed by atoms with Gasteiger partial charge in [-0.05, 0) is 67.3 Å². The molecule has 0 fully saturated rings. The van der Waals surface area contributed by atoms with Crippen molar-refractivity contribution in [2.45, 2.75) is 12.4 Å². The Labute approximate surface area is 136 Å². The molecular weight excluding hydrogens is 415 g/mol. The third-order valence-electron chi connectivity index (χ3n) is 2.78. The van der Waals surface area contributed by atoms with E-state index in [0.29, 0.717) is 5.56 Å². The zero-order valence-electron chi connectivity index (χ0n) is 10.5. The van der Waals surface area contributed by atoms with Gasteiger partial charge in [0.25, 0.3) is 0 Å². The van der Waals surface area contributed by atoms with Gasteiger partial charge in [0.05, 0.1) is 6.04 Å². The van der Waals surface area contributed by atoms with Crippen LogP contribution in [0.3, 0.4) is 0 Å². The van der Waals surface area contributed by atoms with E-state index in [1.165, 1.54) is 24.3 Å². The van der Waals surface area contributed by atoms with E-state index in [-0.39, 0.29) is 5.75 Å². The number of ether oxygens (including phenoxy) is 1. The quantitative estimate of drug-likeness (QED) is 0.738. The number of rotatable bonds is 3. The highest BCUT2D eigenvalue weighted by Gasteiger charge is 2.31. The van der Waals surface area contributed by atoms with E-state index < -0.39 is 12.4 Å². The van der Waals surface area contributed by atoms with Gasteiger partial charge >= 0.3 is 6.36 Å². The molecule has 2 nitrogen and oxygen atoms in total. The van der Waals surface area contributed by atoms with Crippen molar-refractivity contribution in [3.63, 3.8) is 0 Å². The monoisotopic (exact) mass is 423 g/mol. The van der Waals surface area contributed by atoms with E-state index in [4.69, 9.17) is 5.73 Å². The fraction of sp³-hybridized carbons (Fsp3) is 0.143. The number of hydrogen-bond acceptors (Lipinski definition) is 2. The first-order valence-corrected chi connectivity index (χ1v) is 7.41. The molecule has 0 bridgehead atoms. The number of hydrogen-bond donors (Lipinski definition) is 1. The Morgan fingerprint density at radius 1 is 0.905 bits per heavy atom. The standard InChI is InChI=1S/C14H10Br2F3NO/c15-11-6-3-9(7-12(11)16)13(20)8-1-4-10(5-2-8)21-14(17,18)19/h1-7,13H,20H2/t13-/m1/s1. The number of halogens is 5. The van der Waals surface area contributed by atoms with Crippen LogP contribution < -0.4 is 10.5 Å². The average molecular weight is 425 g/mol. The predicted molar refractivity (Wildman–Crippen MR) is 81.0 cm³/mol. The molecule has 7 heteroatoms. The third kappa shape index (κ3) is 4.46. The molecule has 112 valence electrons. The van der Waals surface area contributed by atoms with Crippen LogP contribution in [-0.4, -0.2) is 6.36 Å². The minimum atomic E-state index is -4.69. The lowest BCUT2D eigenvalue weighted by Crippen LogP contribution is -2.17. The smallest absolute Gasteiger partial charge is 0.406 e. The molecule has 2 rings (SSSR count). The largest absolute Gasteiger partial charge is 0.573 e. The second-order valence-electron chi connectivity index (χ2n) is 4.27. The van der Waals surface area contributed by atoms with E-state index >= 15 is 0 Å². The summed E-state index contributed by atoms with van der Waals surface area (Å²) in [6.07, 6.45) is -4.69. The molecule has 0 aliphatic carbocycles. The van der Waals surface area contributed by atoms with Crippen LogP contribution in [0.5, 0.6) is 5.75 Å². The normalized spacial score (nSPS) is 13.0. The van der Waals surface area contributed by atoms with Gasteiger partial charge in [-0.2, -0.15) is 0 Å². The zero-order chi connectivity index (χ0) is 15.6. The van der Waals surface area contributed by atoms with E-state index in [1.54, 1.807) is 0 Å². The van der Waals surface area contributed by atoms with Crippen molar-refractivity contribution in [3.05, 3.63) is 62.5 Å². The summed E-state index contributed by atoms with van der Waals surface area (Å²) in [4.78, 5) is 0. The molecular formula is C14H10Br2F3NO. The van der Waals surface area contributed by atoms with Gasteiger partial charge in [-0.3, -0.25) is 0 Å². The Morgan fingerprint density at radius 3 is 2.00 bits per heavy atom. The molecule has 0 radical (unpaired) electrons. The van der Waals surface area contributed by atoms with Crippen LogP contribution in [0.4, 0.5) is 13.2 Å². The van der Waals surface area contributed by atoms with Gasteiger partial charge in [0.1, 0.15) is 5.75 Å². The molecule has 21 heavy (non-hydrogen) atoms. The second kappa shape index (κ2) is 6.37. The predicted octanol–water partition coefficient (Wildman–Crippen LogP) is 5.16. The van der Waals surface area contributed by atoms with E-state index in [9.17, 15) is 13.2 Å². The molecule has 0 saturated heterocycles. The minimum absolute atomic E-state index is 0.268. The molecule has 0 amide bonds. The van der Waals surface area contributed by atoms with Gasteiger partial charge in [-0.15, -0.1) is 13.2 Å². The maximum absolute atomic E-state index is 12.1. The number of benzene rings is 2. The van der Waals surface area contributed by atoms with Crippen molar-refractivity contribution in [2.24, 2.45) is 5.73 Å². The van der Waals surface area contributed by atoms with Crippen molar-refractivity contribution in [2.75, 3.05) is 0 Å². The van der Waals surface area contributed by atoms with Crippen LogP contribution in [0.15, 0.2) is 51.4 Å². The van der Waals surface area contributed by atoms with Gasteiger partial charge in [0, 0.05) is 8.95 Å². The Morgan fingerprint density at radius 2 is 1.48 bits per heavy atom. The Bertz CT molecular complexity index is 629. The molecule has 2 aromatic rings. The molecule has 0 aliphatic rings. The van der Waals surface area contributed by atoms with Crippen LogP contribution >= 0.6 is 31.9 Å². The molecule has 0 heterocycles. The first-order chi connectivity index (χ1) is 9.76. The molecule has 0 saturated carbocycles. The summed E-state index contributed by atoms with van der Waals surface area (Å²) >= 11 is 6.75. The lowest BCUT2D eigenvalue weighted by molar-refractivity contribution is -0.274. The van der Waals surface area contributed by atoms with Crippen molar-refractivity contribution < 1.29 is 17.9 Å². The highest BCUT2D eigenvalue weighted by molar-refractivity contribution is 9.13. The summed E-state index contributed by atoms with van der Waals surface area (Å²) in [5.41, 5.74) is 7.65. The average Bonchev–Trinajstić information content (AvgIpc) is 2.40. The minimum Gasteiger partial charge on any atom is -0.406 e. The highest BCUT2D eigenvalue weighted by atomic mass is 79.9. The molecule has 0 unspecified atom stereocenters. The van der Waals surface area contributed by atoms with Gasteiger partial charge in [0.15, 0.2) is 0 Å². The molecule has 1 atom stereocenters. The lowest BCUT2D eigenvalue weighted by atomic mass is 10.00. The van der Waals surface area contributed by atoms with Gasteiger partial charge in [0.2, 0.25) is 0 Å². The molecule has 0 spiro atoms. The van der Waals surface area contributed by atoms with Crippen LogP contribution in [0.1, 0.15) is 17.2 Å². The van der Waals surface area contributed by atoms with Gasteiger partial charge in [-0.1, -0.05) is 18.2 Å². The van der Waals surface area contributed by atoms with E-state index in [2.05, 4.69) is 36.6 Å². The Kier molecular flexibility index (Phi) is 4.95. The van der Waals surface area contributed by atoms with E-state index in [0.717, 1.165) is 14.5 Å². The maximum Gasteiger partial charge on any atom is 0.573 e. The number of nitrogens with two attached hydrogens (primary N) is 1. The molecule has 2 N–H and O–H groups in total. The van der Waals surface area contributed by atoms with Crippen molar-refractivity contribution in [1.29, 1.82) is 0 Å². The molecule has 0 aromatic heterocycles. The summed E-state index contributed by atoms with van der Waals surface area (Å²) in [5.74, 6) is -0.268. The molecule has 0 aliphatic heterocycles. The highest BCUT2D eigenvalue weighted by Crippen LogP contribution is 2.29. The lowest BCUT2D eigenvalue weighted by Gasteiger charge is -2.15. The van der Waals surface area contributed by atoms with Crippen LogP contribution in [0.25, 0.3) is 0 Å². The van der Waals surface area contributed by atoms with E-state index in [1.807, 2.05) is 18.2 Å². The summed E-state index contributed by atoms with van der Waals surface area (Å²) in [5, 5.41) is 0. The first kappa shape index (κ1) is 16.3. The first-order valence-electron chi connectivity index (χ1n) is 5.82. The summed E-state index contributed by atoms with van der Waals surface area (Å²) in [6.45, 7) is 0. The fourth-order valence-corrected chi connectivity index (χ4v) is 2.42. The van der Waals surface area contributed by atoms with Crippen LogP contribution in [0.2, 0.25) is 0 Å². The zero-order valence-corrected chi connectivity index (χ0v) is 13.7. The van der Waals surface area contributed by atoms with Crippen LogP contribution in [-0.2, 0) is 0 Å². The Balaban J connectivity index is 2.19. The summed E-state index contributed by atoms with van der Waals surface area (Å²) in [7, 11) is 0. The van der Waals surface area contributed by atoms with Gasteiger partial charge < -0.3 is 10.5 Å².